The summed E-state index contributed by atoms with van der Waals surface area (Å²) in [4.78, 5) is 12.2. The Bertz CT molecular complexity index is 384. The van der Waals surface area contributed by atoms with Crippen LogP contribution in [0.2, 0.25) is 0 Å². The van der Waals surface area contributed by atoms with E-state index in [9.17, 15) is 4.79 Å². The smallest absolute Gasteiger partial charge is 0.166 e. The van der Waals surface area contributed by atoms with Gasteiger partial charge in [0.15, 0.2) is 5.78 Å². The van der Waals surface area contributed by atoms with Crippen molar-refractivity contribution in [2.75, 3.05) is 13.7 Å². The highest BCUT2D eigenvalue weighted by molar-refractivity contribution is 5.99. The molecule has 0 radical (unpaired) electrons. The van der Waals surface area contributed by atoms with E-state index in [4.69, 9.17) is 10.5 Å². The molecule has 2 N–H and O–H groups in total. The van der Waals surface area contributed by atoms with Crippen molar-refractivity contribution in [3.8, 4) is 5.75 Å². The van der Waals surface area contributed by atoms with E-state index in [1.54, 1.807) is 7.11 Å². The van der Waals surface area contributed by atoms with Crippen molar-refractivity contribution in [2.24, 2.45) is 11.7 Å². The maximum atomic E-state index is 12.2. The molecule has 0 aromatic heterocycles. The third-order valence-corrected chi connectivity index (χ3v) is 3.04. The standard InChI is InChI=1S/C14H21NO2/c1-4-11(9-15)8-13(16)12-7-10(2)5-6-14(12)17-3/h5-7,11H,4,8-9,15H2,1-3H3. The zero-order chi connectivity index (χ0) is 12.8. The second-order valence-electron chi connectivity index (χ2n) is 4.34. The molecule has 0 aliphatic rings. The number of benzene rings is 1. The van der Waals surface area contributed by atoms with E-state index in [0.29, 0.717) is 24.3 Å². The lowest BCUT2D eigenvalue weighted by molar-refractivity contribution is 0.0958. The highest BCUT2D eigenvalue weighted by atomic mass is 16.5. The van der Waals surface area contributed by atoms with Gasteiger partial charge in [0.25, 0.3) is 0 Å². The third-order valence-electron chi connectivity index (χ3n) is 3.04. The fraction of sp³-hybridized carbons (Fsp3) is 0.500. The van der Waals surface area contributed by atoms with Crippen LogP contribution in [0.3, 0.4) is 0 Å². The zero-order valence-electron chi connectivity index (χ0n) is 10.8. The van der Waals surface area contributed by atoms with Crippen LogP contribution in [0.4, 0.5) is 0 Å². The van der Waals surface area contributed by atoms with E-state index in [-0.39, 0.29) is 11.7 Å². The molecule has 3 nitrogen and oxygen atoms in total. The van der Waals surface area contributed by atoms with E-state index in [2.05, 4.69) is 6.92 Å². The Morgan fingerprint density at radius 2 is 2.18 bits per heavy atom. The number of nitrogens with two attached hydrogens (primary N) is 1. The van der Waals surface area contributed by atoms with Crippen LogP contribution in [0, 0.1) is 12.8 Å². The molecule has 0 saturated heterocycles. The highest BCUT2D eigenvalue weighted by Crippen LogP contribution is 2.23. The normalized spacial score (nSPS) is 12.2. The number of hydrogen-bond donors (Lipinski definition) is 1. The lowest BCUT2D eigenvalue weighted by atomic mass is 9.95. The first-order chi connectivity index (χ1) is 8.12. The van der Waals surface area contributed by atoms with Gasteiger partial charge in [0.05, 0.1) is 12.7 Å². The van der Waals surface area contributed by atoms with Crippen LogP contribution >= 0.6 is 0 Å². The maximum absolute atomic E-state index is 12.2. The number of hydrogen-bond acceptors (Lipinski definition) is 3. The van der Waals surface area contributed by atoms with Crippen molar-refractivity contribution in [3.63, 3.8) is 0 Å². The second-order valence-corrected chi connectivity index (χ2v) is 4.34. The lowest BCUT2D eigenvalue weighted by Gasteiger charge is -2.13. The molecule has 0 spiro atoms. The zero-order valence-corrected chi connectivity index (χ0v) is 10.8. The molecule has 94 valence electrons. The Morgan fingerprint density at radius 1 is 1.47 bits per heavy atom. The molecule has 1 aromatic rings. The third kappa shape index (κ3) is 3.56. The summed E-state index contributed by atoms with van der Waals surface area (Å²) in [6.07, 6.45) is 1.42. The number of carbonyl (C=O) groups is 1. The van der Waals surface area contributed by atoms with E-state index < -0.39 is 0 Å². The molecular formula is C14H21NO2. The fourth-order valence-corrected chi connectivity index (χ4v) is 1.81. The Kier molecular flexibility index (Phi) is 5.16. The van der Waals surface area contributed by atoms with Crippen molar-refractivity contribution in [1.82, 2.24) is 0 Å². The van der Waals surface area contributed by atoms with Crippen molar-refractivity contribution in [1.29, 1.82) is 0 Å². The molecule has 0 aliphatic carbocycles. The Labute approximate surface area is 103 Å². The molecule has 0 aliphatic heterocycles. The summed E-state index contributed by atoms with van der Waals surface area (Å²) in [6, 6.07) is 5.66. The van der Waals surface area contributed by atoms with Crippen molar-refractivity contribution in [3.05, 3.63) is 29.3 Å². The average Bonchev–Trinajstić information content (AvgIpc) is 2.35. The van der Waals surface area contributed by atoms with Crippen LogP contribution in [0.15, 0.2) is 18.2 Å². The highest BCUT2D eigenvalue weighted by Gasteiger charge is 2.16. The summed E-state index contributed by atoms with van der Waals surface area (Å²) in [7, 11) is 1.59. The summed E-state index contributed by atoms with van der Waals surface area (Å²) < 4.78 is 5.22. The summed E-state index contributed by atoms with van der Waals surface area (Å²) in [5, 5.41) is 0. The number of ketones is 1. The number of aryl methyl sites for hydroxylation is 1. The number of methoxy groups -OCH3 is 1. The largest absolute Gasteiger partial charge is 0.496 e. The predicted octanol–water partition coefficient (Wildman–Crippen LogP) is 2.56. The first kappa shape index (κ1) is 13.7. The van der Waals surface area contributed by atoms with Gasteiger partial charge in [0.1, 0.15) is 5.75 Å². The van der Waals surface area contributed by atoms with Crippen LogP contribution < -0.4 is 10.5 Å². The molecule has 0 fully saturated rings. The molecule has 0 saturated carbocycles. The van der Waals surface area contributed by atoms with Gasteiger partial charge in [-0.3, -0.25) is 4.79 Å². The summed E-state index contributed by atoms with van der Waals surface area (Å²) in [5.74, 6) is 1.02. The van der Waals surface area contributed by atoms with Crippen LogP contribution in [0.1, 0.15) is 35.7 Å². The Hall–Kier alpha value is -1.35. The Balaban J connectivity index is 2.90. The van der Waals surface area contributed by atoms with Crippen LogP contribution in [0.25, 0.3) is 0 Å². The quantitative estimate of drug-likeness (QED) is 0.771. The van der Waals surface area contributed by atoms with Crippen molar-refractivity contribution >= 4 is 5.78 Å². The summed E-state index contributed by atoms with van der Waals surface area (Å²) >= 11 is 0. The molecule has 0 bridgehead atoms. The first-order valence-corrected chi connectivity index (χ1v) is 6.00. The maximum Gasteiger partial charge on any atom is 0.166 e. The van der Waals surface area contributed by atoms with Crippen LogP contribution in [-0.4, -0.2) is 19.4 Å². The van der Waals surface area contributed by atoms with E-state index in [0.717, 1.165) is 12.0 Å². The summed E-state index contributed by atoms with van der Waals surface area (Å²) in [5.41, 5.74) is 7.36. The van der Waals surface area contributed by atoms with E-state index in [1.807, 2.05) is 25.1 Å². The molecular weight excluding hydrogens is 214 g/mol. The summed E-state index contributed by atoms with van der Waals surface area (Å²) in [6.45, 7) is 4.57. The lowest BCUT2D eigenvalue weighted by Crippen LogP contribution is -2.18. The minimum atomic E-state index is 0.114. The minimum Gasteiger partial charge on any atom is -0.496 e. The molecule has 3 heteroatoms. The molecule has 0 amide bonds. The number of carbonyl (C=O) groups excluding carboxylic acids is 1. The SMILES string of the molecule is CCC(CN)CC(=O)c1cc(C)ccc1OC. The second kappa shape index (κ2) is 6.40. The van der Waals surface area contributed by atoms with Gasteiger partial charge in [-0.25, -0.2) is 0 Å². The predicted molar refractivity (Wildman–Crippen MR) is 69.5 cm³/mol. The van der Waals surface area contributed by atoms with Gasteiger partial charge < -0.3 is 10.5 Å². The van der Waals surface area contributed by atoms with Crippen LogP contribution in [0.5, 0.6) is 5.75 Å². The molecule has 0 heterocycles. The van der Waals surface area contributed by atoms with Gasteiger partial charge >= 0.3 is 0 Å². The first-order valence-electron chi connectivity index (χ1n) is 6.00. The van der Waals surface area contributed by atoms with Gasteiger partial charge in [-0.2, -0.15) is 0 Å². The number of rotatable bonds is 6. The van der Waals surface area contributed by atoms with E-state index in [1.165, 1.54) is 0 Å². The van der Waals surface area contributed by atoms with Gasteiger partial charge in [-0.15, -0.1) is 0 Å². The topological polar surface area (TPSA) is 52.3 Å². The molecule has 1 rings (SSSR count). The van der Waals surface area contributed by atoms with Crippen LogP contribution in [-0.2, 0) is 0 Å². The van der Waals surface area contributed by atoms with Crippen molar-refractivity contribution < 1.29 is 9.53 Å². The number of Topliss-reactive ketones (excluding diaryl/α,β-unsaturated/α-hetero) is 1. The average molecular weight is 235 g/mol. The fourth-order valence-electron chi connectivity index (χ4n) is 1.81. The molecule has 1 atom stereocenters. The van der Waals surface area contributed by atoms with E-state index >= 15 is 0 Å². The number of ether oxygens (including phenoxy) is 1. The Morgan fingerprint density at radius 3 is 2.71 bits per heavy atom. The molecule has 1 unspecified atom stereocenters. The van der Waals surface area contributed by atoms with Gasteiger partial charge in [0, 0.05) is 6.42 Å². The van der Waals surface area contributed by atoms with Gasteiger partial charge in [-0.1, -0.05) is 25.0 Å². The molecule has 1 aromatic carbocycles. The van der Waals surface area contributed by atoms with Gasteiger partial charge in [-0.05, 0) is 31.5 Å². The minimum absolute atomic E-state index is 0.114. The molecule has 17 heavy (non-hydrogen) atoms. The van der Waals surface area contributed by atoms with Crippen molar-refractivity contribution in [2.45, 2.75) is 26.7 Å². The monoisotopic (exact) mass is 235 g/mol. The van der Waals surface area contributed by atoms with Gasteiger partial charge in [0.2, 0.25) is 0 Å².